The molecule has 0 amide bonds. The van der Waals surface area contributed by atoms with Crippen molar-refractivity contribution in [2.24, 2.45) is 10.8 Å². The van der Waals surface area contributed by atoms with Crippen LogP contribution >= 0.6 is 0 Å². The average molecular weight is 317 g/mol. The van der Waals surface area contributed by atoms with Gasteiger partial charge in [-0.3, -0.25) is 0 Å². The minimum absolute atomic E-state index is 0.130. The van der Waals surface area contributed by atoms with Crippen molar-refractivity contribution in [1.29, 1.82) is 0 Å². The second kappa shape index (κ2) is 9.08. The molecule has 0 saturated heterocycles. The van der Waals surface area contributed by atoms with Crippen LogP contribution in [0.2, 0.25) is 0 Å². The first-order valence-electron chi connectivity index (χ1n) is 8.39. The predicted molar refractivity (Wildman–Crippen MR) is 104 cm³/mol. The minimum Gasteiger partial charge on any atom is -0.400 e. The highest BCUT2D eigenvalue weighted by atomic mass is 16.2. The third-order valence-electron chi connectivity index (χ3n) is 4.14. The van der Waals surface area contributed by atoms with Crippen LogP contribution in [0.15, 0.2) is 59.8 Å². The number of allylic oxidation sites excluding steroid dienone is 8. The SMILES string of the molecule is C=C(/C=C\C(=C)C(C)(C)C)CC1=CC=C(C(C)(C)C)CC1.CO. The Balaban J connectivity index is 0.00000232. The van der Waals surface area contributed by atoms with Crippen LogP contribution in [-0.2, 0) is 0 Å². The molecule has 0 unspecified atom stereocenters. The van der Waals surface area contributed by atoms with E-state index in [0.717, 1.165) is 25.5 Å². The van der Waals surface area contributed by atoms with E-state index < -0.39 is 0 Å². The molecule has 0 bridgehead atoms. The number of hydrogen-bond acceptors (Lipinski definition) is 1. The summed E-state index contributed by atoms with van der Waals surface area (Å²) in [6, 6.07) is 0. The molecule has 130 valence electrons. The number of rotatable bonds is 4. The fourth-order valence-corrected chi connectivity index (χ4v) is 2.27. The second-order valence-electron chi connectivity index (χ2n) is 8.21. The van der Waals surface area contributed by atoms with Crippen molar-refractivity contribution in [3.63, 3.8) is 0 Å². The molecule has 1 nitrogen and oxygen atoms in total. The van der Waals surface area contributed by atoms with E-state index in [0.29, 0.717) is 5.41 Å². The molecule has 0 spiro atoms. The van der Waals surface area contributed by atoms with Gasteiger partial charge < -0.3 is 5.11 Å². The minimum atomic E-state index is 0.130. The van der Waals surface area contributed by atoms with Gasteiger partial charge in [-0.1, -0.05) is 95.7 Å². The van der Waals surface area contributed by atoms with Gasteiger partial charge in [0.2, 0.25) is 0 Å². The molecular formula is C22H36O. The summed E-state index contributed by atoms with van der Waals surface area (Å²) in [5.74, 6) is 0. The molecular weight excluding hydrogens is 280 g/mol. The lowest BCUT2D eigenvalue weighted by molar-refractivity contribution is 0.399. The Labute approximate surface area is 144 Å². The molecule has 0 heterocycles. The lowest BCUT2D eigenvalue weighted by Crippen LogP contribution is -2.11. The zero-order chi connectivity index (χ0) is 18.3. The molecule has 1 aliphatic rings. The molecule has 1 heteroatoms. The molecule has 0 aromatic heterocycles. The van der Waals surface area contributed by atoms with Gasteiger partial charge in [0.05, 0.1) is 0 Å². The Morgan fingerprint density at radius 2 is 1.57 bits per heavy atom. The molecule has 1 aliphatic carbocycles. The summed E-state index contributed by atoms with van der Waals surface area (Å²) in [7, 11) is 1.00. The summed E-state index contributed by atoms with van der Waals surface area (Å²) < 4.78 is 0. The van der Waals surface area contributed by atoms with E-state index in [2.05, 4.69) is 79.0 Å². The maximum absolute atomic E-state index is 7.00. The van der Waals surface area contributed by atoms with E-state index in [9.17, 15) is 0 Å². The predicted octanol–water partition coefficient (Wildman–Crippen LogP) is 6.39. The van der Waals surface area contributed by atoms with Gasteiger partial charge in [0, 0.05) is 7.11 Å². The van der Waals surface area contributed by atoms with Crippen LogP contribution in [0.5, 0.6) is 0 Å². The van der Waals surface area contributed by atoms with Crippen LogP contribution in [0.25, 0.3) is 0 Å². The van der Waals surface area contributed by atoms with Crippen LogP contribution in [0.3, 0.4) is 0 Å². The fourth-order valence-electron chi connectivity index (χ4n) is 2.27. The summed E-state index contributed by atoms with van der Waals surface area (Å²) in [4.78, 5) is 0. The number of hydrogen-bond donors (Lipinski definition) is 1. The topological polar surface area (TPSA) is 20.2 Å². The molecule has 0 radical (unpaired) electrons. The van der Waals surface area contributed by atoms with Gasteiger partial charge in [-0.15, -0.1) is 0 Å². The van der Waals surface area contributed by atoms with Crippen LogP contribution in [0.4, 0.5) is 0 Å². The Morgan fingerprint density at radius 1 is 1.00 bits per heavy atom. The second-order valence-corrected chi connectivity index (χ2v) is 8.21. The van der Waals surface area contributed by atoms with E-state index in [4.69, 9.17) is 5.11 Å². The monoisotopic (exact) mass is 316 g/mol. The van der Waals surface area contributed by atoms with Gasteiger partial charge in [0.15, 0.2) is 0 Å². The molecule has 0 fully saturated rings. The smallest absolute Gasteiger partial charge is 0.0319 e. The zero-order valence-electron chi connectivity index (χ0n) is 16.3. The summed E-state index contributed by atoms with van der Waals surface area (Å²) in [5.41, 5.74) is 5.78. The highest BCUT2D eigenvalue weighted by Gasteiger charge is 2.18. The third-order valence-corrected chi connectivity index (χ3v) is 4.14. The normalized spacial score (nSPS) is 15.5. The van der Waals surface area contributed by atoms with Crippen LogP contribution in [0.1, 0.15) is 60.8 Å². The third kappa shape index (κ3) is 8.18. The van der Waals surface area contributed by atoms with Crippen molar-refractivity contribution in [3.05, 3.63) is 59.8 Å². The zero-order valence-corrected chi connectivity index (χ0v) is 16.3. The molecule has 1 rings (SSSR count). The standard InChI is InChI=1S/C21H32.CH4O/c1-16(9-10-17(2)20(3,4)5)15-18-11-13-19(14-12-18)21(6,7)8;1-2/h9-11,13H,1-2,12,14-15H2,3-8H3;2H,1H3/b10-9-;. The summed E-state index contributed by atoms with van der Waals surface area (Å²) in [5, 5.41) is 7.00. The van der Waals surface area contributed by atoms with Crippen LogP contribution in [0, 0.1) is 10.8 Å². The van der Waals surface area contributed by atoms with E-state index in [1.54, 1.807) is 5.57 Å². The van der Waals surface area contributed by atoms with Crippen molar-refractivity contribution < 1.29 is 5.11 Å². The quantitative estimate of drug-likeness (QED) is 0.596. The highest BCUT2D eigenvalue weighted by Crippen LogP contribution is 2.34. The average Bonchev–Trinajstić information content (AvgIpc) is 2.45. The molecule has 0 aromatic rings. The number of aliphatic hydroxyl groups excluding tert-OH is 1. The molecule has 0 saturated carbocycles. The Bertz CT molecular complexity index is 499. The summed E-state index contributed by atoms with van der Waals surface area (Å²) >= 11 is 0. The molecule has 1 N–H and O–H groups in total. The van der Waals surface area contributed by atoms with Crippen molar-refractivity contribution in [3.8, 4) is 0 Å². The van der Waals surface area contributed by atoms with E-state index >= 15 is 0 Å². The van der Waals surface area contributed by atoms with Crippen LogP contribution < -0.4 is 0 Å². The summed E-state index contributed by atoms with van der Waals surface area (Å²) in [6.07, 6.45) is 12.2. The van der Waals surface area contributed by atoms with Crippen molar-refractivity contribution in [1.82, 2.24) is 0 Å². The summed E-state index contributed by atoms with van der Waals surface area (Å²) in [6.45, 7) is 21.7. The molecule has 0 atom stereocenters. The lowest BCUT2D eigenvalue weighted by atomic mass is 9.80. The van der Waals surface area contributed by atoms with Gasteiger partial charge in [0.1, 0.15) is 0 Å². The van der Waals surface area contributed by atoms with Gasteiger partial charge in [-0.2, -0.15) is 0 Å². The number of aliphatic hydroxyl groups is 1. The van der Waals surface area contributed by atoms with Gasteiger partial charge in [0.25, 0.3) is 0 Å². The van der Waals surface area contributed by atoms with Gasteiger partial charge >= 0.3 is 0 Å². The largest absolute Gasteiger partial charge is 0.400 e. The highest BCUT2D eigenvalue weighted by molar-refractivity contribution is 5.34. The first kappa shape index (κ1) is 21.7. The Morgan fingerprint density at radius 3 is 1.96 bits per heavy atom. The van der Waals surface area contributed by atoms with Crippen molar-refractivity contribution in [2.75, 3.05) is 7.11 Å². The van der Waals surface area contributed by atoms with E-state index in [-0.39, 0.29) is 5.41 Å². The molecule has 0 aromatic carbocycles. The molecule has 23 heavy (non-hydrogen) atoms. The van der Waals surface area contributed by atoms with Gasteiger partial charge in [-0.25, -0.2) is 0 Å². The first-order valence-corrected chi connectivity index (χ1v) is 8.39. The maximum atomic E-state index is 7.00. The molecule has 0 aliphatic heterocycles. The van der Waals surface area contributed by atoms with Crippen molar-refractivity contribution in [2.45, 2.75) is 60.8 Å². The van der Waals surface area contributed by atoms with Gasteiger partial charge in [-0.05, 0) is 35.7 Å². The van der Waals surface area contributed by atoms with Crippen LogP contribution in [-0.4, -0.2) is 12.2 Å². The first-order chi connectivity index (χ1) is 10.5. The fraction of sp³-hybridized carbons (Fsp3) is 0.545. The maximum Gasteiger partial charge on any atom is 0.0319 e. The lowest BCUT2D eigenvalue weighted by Gasteiger charge is -2.26. The van der Waals surface area contributed by atoms with Crippen molar-refractivity contribution >= 4 is 0 Å². The van der Waals surface area contributed by atoms with E-state index in [1.807, 2.05) is 0 Å². The Hall–Kier alpha value is -1.34. The van der Waals surface area contributed by atoms with E-state index in [1.165, 1.54) is 17.6 Å². The Kier molecular flexibility index (Phi) is 8.55.